The van der Waals surface area contributed by atoms with Gasteiger partial charge in [0.05, 0.1) is 18.7 Å². The van der Waals surface area contributed by atoms with Crippen molar-refractivity contribution in [3.8, 4) is 5.88 Å². The highest BCUT2D eigenvalue weighted by molar-refractivity contribution is 5.87. The number of pyridine rings is 1. The quantitative estimate of drug-likeness (QED) is 0.438. The van der Waals surface area contributed by atoms with E-state index < -0.39 is 41.8 Å². The Kier molecular flexibility index (Phi) is 7.83. The Bertz CT molecular complexity index is 1230. The van der Waals surface area contributed by atoms with Crippen LogP contribution in [0.25, 0.3) is 0 Å². The standard InChI is InChI=1S/C30H36F3N3O4/c1-29(13-14-29)22-23(34-16-20-15-21(30(31,32)33)17-35-26(20)40-2)24(18-9-5-3-6-10-18)36(25(22)28(38)39)27(37)19-11-7-4-8-12-19/h3,5-6,9-10,15,17,19,22-25,34H,4,7-8,11-14,16H2,1-2H3,(H,38,39)/t22-,23-,24-,25-/m0/s1. The molecule has 5 rings (SSSR count). The average molecular weight is 560 g/mol. The Morgan fingerprint density at radius 3 is 2.40 bits per heavy atom. The van der Waals surface area contributed by atoms with Gasteiger partial charge in [-0.25, -0.2) is 9.78 Å². The molecule has 1 aromatic carbocycles. The zero-order valence-electron chi connectivity index (χ0n) is 22.8. The third-order valence-electron chi connectivity index (χ3n) is 9.09. The molecule has 7 nitrogen and oxygen atoms in total. The van der Waals surface area contributed by atoms with Gasteiger partial charge in [0, 0.05) is 36.2 Å². The number of methoxy groups -OCH3 is 1. The molecule has 1 amide bonds. The predicted molar refractivity (Wildman–Crippen MR) is 141 cm³/mol. The number of amides is 1. The molecule has 216 valence electrons. The van der Waals surface area contributed by atoms with Crippen LogP contribution in [0.1, 0.15) is 74.6 Å². The summed E-state index contributed by atoms with van der Waals surface area (Å²) in [6.07, 6.45) is 2.20. The number of carboxylic acids is 1. The number of benzene rings is 1. The second-order valence-electron chi connectivity index (χ2n) is 11.7. The van der Waals surface area contributed by atoms with E-state index in [-0.39, 0.29) is 35.2 Å². The van der Waals surface area contributed by atoms with E-state index >= 15 is 0 Å². The molecule has 2 saturated carbocycles. The number of carbonyl (C=O) groups excluding carboxylic acids is 1. The van der Waals surface area contributed by atoms with E-state index in [9.17, 15) is 27.9 Å². The zero-order valence-corrected chi connectivity index (χ0v) is 22.8. The monoisotopic (exact) mass is 559 g/mol. The summed E-state index contributed by atoms with van der Waals surface area (Å²) < 4.78 is 45.8. The number of halogens is 3. The van der Waals surface area contributed by atoms with Crippen LogP contribution in [0.4, 0.5) is 13.2 Å². The van der Waals surface area contributed by atoms with E-state index in [2.05, 4.69) is 10.3 Å². The molecule has 2 aromatic rings. The van der Waals surface area contributed by atoms with Crippen LogP contribution in [0, 0.1) is 17.3 Å². The zero-order chi connectivity index (χ0) is 28.7. The van der Waals surface area contributed by atoms with Crippen molar-refractivity contribution < 1.29 is 32.6 Å². The van der Waals surface area contributed by atoms with Gasteiger partial charge >= 0.3 is 12.1 Å². The maximum absolute atomic E-state index is 14.1. The number of nitrogens with zero attached hydrogens (tertiary/aromatic N) is 2. The fourth-order valence-electron chi connectivity index (χ4n) is 6.81. The molecule has 0 spiro atoms. The SMILES string of the molecule is COc1ncc(C(F)(F)F)cc1CN[C@H]1[C@H](C2(C)CC2)[C@@H](C(=O)O)N(C(=O)C2CCCCC2)[C@H]1c1ccccc1. The number of likely N-dealkylation sites (tertiary alicyclic amines) is 1. The van der Waals surface area contributed by atoms with Crippen LogP contribution in [0.5, 0.6) is 5.88 Å². The Morgan fingerprint density at radius 2 is 1.82 bits per heavy atom. The van der Waals surface area contributed by atoms with E-state index in [4.69, 9.17) is 4.74 Å². The van der Waals surface area contributed by atoms with Gasteiger partial charge in [-0.2, -0.15) is 13.2 Å². The molecule has 2 heterocycles. The number of alkyl halides is 3. The molecule has 1 aromatic heterocycles. The number of hydrogen-bond acceptors (Lipinski definition) is 5. The first-order chi connectivity index (χ1) is 19.0. The van der Waals surface area contributed by atoms with Gasteiger partial charge in [0.15, 0.2) is 0 Å². The van der Waals surface area contributed by atoms with Crippen molar-refractivity contribution in [3.63, 3.8) is 0 Å². The highest BCUT2D eigenvalue weighted by Gasteiger charge is 2.63. The summed E-state index contributed by atoms with van der Waals surface area (Å²) in [6.45, 7) is 2.02. The molecule has 3 fully saturated rings. The molecular weight excluding hydrogens is 523 g/mol. The van der Waals surface area contributed by atoms with E-state index in [1.165, 1.54) is 7.11 Å². The third-order valence-corrected chi connectivity index (χ3v) is 9.09. The third kappa shape index (κ3) is 5.42. The minimum absolute atomic E-state index is 0.0293. The summed E-state index contributed by atoms with van der Waals surface area (Å²) >= 11 is 0. The molecule has 10 heteroatoms. The van der Waals surface area contributed by atoms with Crippen molar-refractivity contribution in [3.05, 3.63) is 59.3 Å². The van der Waals surface area contributed by atoms with E-state index in [0.29, 0.717) is 0 Å². The van der Waals surface area contributed by atoms with Crippen LogP contribution >= 0.6 is 0 Å². The van der Waals surface area contributed by atoms with Crippen molar-refractivity contribution in [2.45, 2.75) is 82.7 Å². The van der Waals surface area contributed by atoms with Gasteiger partial charge in [-0.1, -0.05) is 56.5 Å². The van der Waals surface area contributed by atoms with Crippen LogP contribution in [0.15, 0.2) is 42.6 Å². The Labute approximate surface area is 232 Å². The van der Waals surface area contributed by atoms with E-state index in [1.54, 1.807) is 4.90 Å². The smallest absolute Gasteiger partial charge is 0.417 e. The van der Waals surface area contributed by atoms with E-state index in [0.717, 1.165) is 62.8 Å². The highest BCUT2D eigenvalue weighted by Crippen LogP contribution is 2.60. The fourth-order valence-corrected chi connectivity index (χ4v) is 6.81. The molecule has 2 N–H and O–H groups in total. The molecule has 0 unspecified atom stereocenters. The lowest BCUT2D eigenvalue weighted by atomic mass is 9.79. The second-order valence-corrected chi connectivity index (χ2v) is 11.7. The summed E-state index contributed by atoms with van der Waals surface area (Å²) in [5.41, 5.74) is -0.186. The molecule has 0 radical (unpaired) electrons. The lowest BCUT2D eigenvalue weighted by molar-refractivity contribution is -0.154. The normalized spacial score (nSPS) is 26.5. The van der Waals surface area contributed by atoms with Gasteiger partial charge in [0.1, 0.15) is 6.04 Å². The summed E-state index contributed by atoms with van der Waals surface area (Å²) in [5.74, 6) is -1.80. The minimum atomic E-state index is -4.57. The Morgan fingerprint density at radius 1 is 1.15 bits per heavy atom. The van der Waals surface area contributed by atoms with Gasteiger partial charge < -0.3 is 20.1 Å². The molecule has 2 aliphatic carbocycles. The fraction of sp³-hybridized carbons (Fsp3) is 0.567. The van der Waals surface area contributed by atoms with Crippen molar-refractivity contribution in [1.29, 1.82) is 0 Å². The lowest BCUT2D eigenvalue weighted by Crippen LogP contribution is -2.48. The van der Waals surface area contributed by atoms with Crippen LogP contribution in [-0.2, 0) is 22.3 Å². The van der Waals surface area contributed by atoms with Gasteiger partial charge in [-0.15, -0.1) is 0 Å². The van der Waals surface area contributed by atoms with Gasteiger partial charge in [-0.05, 0) is 42.7 Å². The first-order valence-corrected chi connectivity index (χ1v) is 14.0. The van der Waals surface area contributed by atoms with Crippen molar-refractivity contribution in [2.75, 3.05) is 7.11 Å². The number of hydrogen-bond donors (Lipinski definition) is 2. The minimum Gasteiger partial charge on any atom is -0.481 e. The molecule has 0 bridgehead atoms. The van der Waals surface area contributed by atoms with Crippen LogP contribution in [-0.4, -0.2) is 46.1 Å². The molecule has 1 saturated heterocycles. The Hall–Kier alpha value is -3.14. The highest BCUT2D eigenvalue weighted by atomic mass is 19.4. The molecule has 4 atom stereocenters. The number of ether oxygens (including phenoxy) is 1. The number of aromatic nitrogens is 1. The topological polar surface area (TPSA) is 91.8 Å². The van der Waals surface area contributed by atoms with Crippen molar-refractivity contribution in [2.24, 2.45) is 17.3 Å². The van der Waals surface area contributed by atoms with Crippen LogP contribution in [0.2, 0.25) is 0 Å². The molecular formula is C30H36F3N3O4. The number of carbonyl (C=O) groups is 2. The van der Waals surface area contributed by atoms with Crippen molar-refractivity contribution >= 4 is 11.9 Å². The van der Waals surface area contributed by atoms with Gasteiger partial charge in [-0.3, -0.25) is 4.79 Å². The second kappa shape index (κ2) is 11.0. The average Bonchev–Trinajstić information content (AvgIpc) is 3.59. The summed E-state index contributed by atoms with van der Waals surface area (Å²) in [5, 5.41) is 14.0. The van der Waals surface area contributed by atoms with Gasteiger partial charge in [0.25, 0.3) is 0 Å². The summed E-state index contributed by atoms with van der Waals surface area (Å²) in [7, 11) is 1.35. The number of rotatable bonds is 8. The summed E-state index contributed by atoms with van der Waals surface area (Å²) in [4.78, 5) is 32.6. The number of aliphatic carboxylic acids is 1. The van der Waals surface area contributed by atoms with Gasteiger partial charge in [0.2, 0.25) is 11.8 Å². The first-order valence-electron chi connectivity index (χ1n) is 14.0. The number of nitrogens with one attached hydrogen (secondary N) is 1. The molecule has 40 heavy (non-hydrogen) atoms. The molecule has 1 aliphatic heterocycles. The Balaban J connectivity index is 1.57. The molecule has 3 aliphatic rings. The first kappa shape index (κ1) is 28.4. The number of carboxylic acid groups (broad SMARTS) is 1. The maximum atomic E-state index is 14.1. The van der Waals surface area contributed by atoms with Crippen LogP contribution < -0.4 is 10.1 Å². The largest absolute Gasteiger partial charge is 0.481 e. The maximum Gasteiger partial charge on any atom is 0.417 e. The lowest BCUT2D eigenvalue weighted by Gasteiger charge is -2.35. The predicted octanol–water partition coefficient (Wildman–Crippen LogP) is 5.60. The summed E-state index contributed by atoms with van der Waals surface area (Å²) in [6, 6.07) is 8.22. The van der Waals surface area contributed by atoms with E-state index in [1.807, 2.05) is 37.3 Å². The van der Waals surface area contributed by atoms with Crippen LogP contribution in [0.3, 0.4) is 0 Å². The van der Waals surface area contributed by atoms with Crippen molar-refractivity contribution in [1.82, 2.24) is 15.2 Å².